The Morgan fingerprint density at radius 2 is 1.25 bits per heavy atom. The van der Waals surface area contributed by atoms with Crippen molar-refractivity contribution in [2.45, 2.75) is 0 Å². The van der Waals surface area contributed by atoms with E-state index < -0.39 is 0 Å². The topological polar surface area (TPSA) is 0 Å². The molecule has 0 aromatic heterocycles. The van der Waals surface area contributed by atoms with Gasteiger partial charge in [-0.3, -0.25) is 22.0 Å². The molecule has 0 rings (SSSR count). The summed E-state index contributed by atoms with van der Waals surface area (Å²) in [5.74, 6) is 0. The first-order valence-electron chi connectivity index (χ1n) is 0.516. The number of thiol groups is 2. The third kappa shape index (κ3) is 9.16. The maximum absolute atomic E-state index is 3.74. The van der Waals surface area contributed by atoms with Gasteiger partial charge in [0.1, 0.15) is 0 Å². The molecule has 0 amide bonds. The Kier molecular flexibility index (Phi) is 20.5. The molecule has 0 aliphatic heterocycles. The fourth-order valence-electron chi connectivity index (χ4n) is 0. The fourth-order valence-corrected chi connectivity index (χ4v) is 0. The molecule has 0 aliphatic carbocycles. The Morgan fingerprint density at radius 3 is 1.25 bits per heavy atom. The summed E-state index contributed by atoms with van der Waals surface area (Å²) in [6.45, 7) is 0. The minimum atomic E-state index is 0. The average Bonchev–Trinajstić information content (AvgIpc) is 0.918. The van der Waals surface area contributed by atoms with Crippen LogP contribution >= 0.6 is 22.0 Å². The summed E-state index contributed by atoms with van der Waals surface area (Å²) >= 11 is 0.139. The van der Waals surface area contributed by atoms with Gasteiger partial charge in [0.25, 0.3) is 0 Å². The Hall–Kier alpha value is 1.83. The molecule has 0 spiro atoms. The second-order valence-corrected chi connectivity index (χ2v) is 3.12. The summed E-state index contributed by atoms with van der Waals surface area (Å²) in [6, 6.07) is 0. The molecule has 0 N–H and O–H groups in total. The van der Waals surface area contributed by atoms with Crippen LogP contribution in [-0.2, 0) is 0 Å². The van der Waals surface area contributed by atoms with Crippen LogP contribution in [0.15, 0.2) is 0 Å². The SMILES string of the molecule is [LiH].[SH][Al][SH]. The van der Waals surface area contributed by atoms with Crippen LogP contribution in [0.3, 0.4) is 0 Å². The summed E-state index contributed by atoms with van der Waals surface area (Å²) in [6.07, 6.45) is 0. The zero-order chi connectivity index (χ0) is 2.71. The number of hydrogen-bond acceptors (Lipinski definition) is 2. The molecule has 0 nitrogen and oxygen atoms in total. The third-order valence-electron chi connectivity index (χ3n) is 0. The first-order valence-corrected chi connectivity index (χ1v) is 4.65. The minimum Gasteiger partial charge on any atom is -0.268 e. The van der Waals surface area contributed by atoms with Crippen molar-refractivity contribution in [3.8, 4) is 0 Å². The Bertz CT molecular complexity index is 6.00. The predicted molar refractivity (Wildman–Crippen MR) is 30.9 cm³/mol. The molecule has 0 atom stereocenters. The summed E-state index contributed by atoms with van der Waals surface area (Å²) in [4.78, 5) is 0. The van der Waals surface area contributed by atoms with Crippen molar-refractivity contribution >= 4 is 53.8 Å². The molecule has 0 saturated heterocycles. The second kappa shape index (κ2) is 8.85. The van der Waals surface area contributed by atoms with Crippen LogP contribution in [0.25, 0.3) is 0 Å². The van der Waals surface area contributed by atoms with E-state index in [9.17, 15) is 0 Å². The van der Waals surface area contributed by atoms with Crippen molar-refractivity contribution in [1.29, 1.82) is 0 Å². The van der Waals surface area contributed by atoms with Gasteiger partial charge >= 0.3 is 31.8 Å². The van der Waals surface area contributed by atoms with Gasteiger partial charge in [-0.2, -0.15) is 0 Å². The van der Waals surface area contributed by atoms with E-state index in [0.717, 1.165) is 0 Å². The van der Waals surface area contributed by atoms with Gasteiger partial charge in [0.15, 0.2) is 0 Å². The number of rotatable bonds is 0. The quantitative estimate of drug-likeness (QED) is 0.304. The van der Waals surface area contributed by atoms with Gasteiger partial charge in [0, 0.05) is 0 Å². The van der Waals surface area contributed by atoms with E-state index in [0.29, 0.717) is 0 Å². The van der Waals surface area contributed by atoms with Gasteiger partial charge in [-0.1, -0.05) is 0 Å². The zero-order valence-electron chi connectivity index (χ0n) is 1.47. The van der Waals surface area contributed by atoms with Crippen molar-refractivity contribution in [2.75, 3.05) is 0 Å². The predicted octanol–water partition coefficient (Wildman–Crippen LogP) is -0.268. The van der Waals surface area contributed by atoms with E-state index in [1.54, 1.807) is 0 Å². The van der Waals surface area contributed by atoms with E-state index in [-0.39, 0.29) is 31.8 Å². The molecule has 0 saturated carbocycles. The largest absolute Gasteiger partial charge is 0.380 e. The maximum atomic E-state index is 3.74. The van der Waals surface area contributed by atoms with E-state index in [2.05, 4.69) is 22.0 Å². The Morgan fingerprint density at radius 1 is 1.25 bits per heavy atom. The molecule has 4 heavy (non-hydrogen) atoms. The zero-order valence-corrected chi connectivity index (χ0v) is 4.42. The van der Waals surface area contributed by atoms with Crippen LogP contribution in [-0.4, -0.2) is 31.8 Å². The Balaban J connectivity index is 0. The van der Waals surface area contributed by atoms with Gasteiger partial charge in [0.2, 0.25) is 0 Å². The van der Waals surface area contributed by atoms with Crippen molar-refractivity contribution < 1.29 is 0 Å². The molecular weight excluding hydrogens is 98.1 g/mol. The Labute approximate surface area is 53.5 Å². The molecule has 0 heterocycles. The minimum absolute atomic E-state index is 0. The summed E-state index contributed by atoms with van der Waals surface area (Å²) in [7, 11) is 7.47. The molecule has 1 radical (unpaired) electrons. The summed E-state index contributed by atoms with van der Waals surface area (Å²) in [5.41, 5.74) is 0. The molecule has 19 valence electrons. The van der Waals surface area contributed by atoms with Crippen molar-refractivity contribution in [3.63, 3.8) is 0 Å². The molecule has 0 aromatic carbocycles. The molecule has 0 bridgehead atoms. The van der Waals surface area contributed by atoms with Crippen LogP contribution in [0.5, 0.6) is 0 Å². The third-order valence-corrected chi connectivity index (χ3v) is 0. The molecule has 0 aromatic rings. The van der Waals surface area contributed by atoms with Gasteiger partial charge in [-0.05, 0) is 0 Å². The van der Waals surface area contributed by atoms with Gasteiger partial charge < -0.3 is 0 Å². The van der Waals surface area contributed by atoms with Crippen LogP contribution < -0.4 is 0 Å². The van der Waals surface area contributed by atoms with Crippen molar-refractivity contribution in [3.05, 3.63) is 0 Å². The first kappa shape index (κ1) is 9.27. The number of hydrogen-bond donors (Lipinski definition) is 2. The normalized spacial score (nSPS) is 3.50. The van der Waals surface area contributed by atoms with E-state index >= 15 is 0 Å². The standard InChI is InChI=1S/Al.Li.2H2S.H/h;;2*1H2;/q+2;;;;/p-2. The van der Waals surface area contributed by atoms with Crippen molar-refractivity contribution in [1.82, 2.24) is 0 Å². The van der Waals surface area contributed by atoms with Gasteiger partial charge in [0.05, 0.1) is 0 Å². The monoisotopic (exact) mass is 101 g/mol. The van der Waals surface area contributed by atoms with Gasteiger partial charge in [-0.15, -0.1) is 0 Å². The van der Waals surface area contributed by atoms with Crippen LogP contribution in [0.4, 0.5) is 0 Å². The van der Waals surface area contributed by atoms with Crippen LogP contribution in [0.2, 0.25) is 0 Å². The molecule has 0 aliphatic rings. The summed E-state index contributed by atoms with van der Waals surface area (Å²) in [5, 5.41) is 0. The maximum Gasteiger partial charge on any atom is 0.380 e. The molecule has 4 heteroatoms. The van der Waals surface area contributed by atoms with Crippen LogP contribution in [0.1, 0.15) is 0 Å². The first-order chi connectivity index (χ1) is 1.41. The van der Waals surface area contributed by atoms with Crippen LogP contribution in [0, 0.1) is 0 Å². The van der Waals surface area contributed by atoms with E-state index in [1.807, 2.05) is 0 Å². The summed E-state index contributed by atoms with van der Waals surface area (Å²) < 4.78 is 0. The van der Waals surface area contributed by atoms with Crippen molar-refractivity contribution in [2.24, 2.45) is 0 Å². The van der Waals surface area contributed by atoms with E-state index in [4.69, 9.17) is 0 Å². The molecule has 0 unspecified atom stereocenters. The smallest absolute Gasteiger partial charge is 0.268 e. The fraction of sp³-hybridized carbons (Fsp3) is 0. The van der Waals surface area contributed by atoms with E-state index in [1.165, 1.54) is 0 Å². The molecular formula is H3AlLiS2. The van der Waals surface area contributed by atoms with Gasteiger partial charge in [-0.25, -0.2) is 0 Å². The second-order valence-electron chi connectivity index (χ2n) is 0.115. The average molecular weight is 101 g/mol. The molecule has 0 fully saturated rings.